The zero-order valence-corrected chi connectivity index (χ0v) is 7.84. The van der Waals surface area contributed by atoms with Crippen molar-refractivity contribution < 1.29 is 4.79 Å². The van der Waals surface area contributed by atoms with E-state index in [0.29, 0.717) is 0 Å². The Labute approximate surface area is 82.6 Å². The maximum Gasteiger partial charge on any atom is 0.251 e. The first-order chi connectivity index (χ1) is 6.77. The summed E-state index contributed by atoms with van der Waals surface area (Å²) in [6.45, 7) is 3.87. The van der Waals surface area contributed by atoms with E-state index in [1.54, 1.807) is 0 Å². The summed E-state index contributed by atoms with van der Waals surface area (Å²) in [6, 6.07) is 6.12. The van der Waals surface area contributed by atoms with Crippen LogP contribution in [-0.4, -0.2) is 5.91 Å². The highest BCUT2D eigenvalue weighted by molar-refractivity contribution is 6.07. The standard InChI is InChI=1S/C12H11NO/c1-7-9-6-5-8-3-2-4-10(11(8)9)13-12(7)14/h2-4,9H,1,5-6H2,(H,13,14). The van der Waals surface area contributed by atoms with Crippen molar-refractivity contribution in [2.45, 2.75) is 18.8 Å². The third-order valence-corrected chi connectivity index (χ3v) is 3.21. The largest absolute Gasteiger partial charge is 0.322 e. The van der Waals surface area contributed by atoms with E-state index in [1.165, 1.54) is 11.1 Å². The molecule has 1 aromatic carbocycles. The van der Waals surface area contributed by atoms with Crippen molar-refractivity contribution in [1.82, 2.24) is 0 Å². The van der Waals surface area contributed by atoms with Crippen LogP contribution in [0.3, 0.4) is 0 Å². The van der Waals surface area contributed by atoms with Crippen LogP contribution >= 0.6 is 0 Å². The van der Waals surface area contributed by atoms with E-state index in [-0.39, 0.29) is 11.8 Å². The fourth-order valence-electron chi connectivity index (χ4n) is 2.51. The van der Waals surface area contributed by atoms with Gasteiger partial charge in [0.05, 0.1) is 0 Å². The summed E-state index contributed by atoms with van der Waals surface area (Å²) in [4.78, 5) is 11.5. The molecule has 3 rings (SSSR count). The van der Waals surface area contributed by atoms with Gasteiger partial charge in [-0.3, -0.25) is 4.79 Å². The van der Waals surface area contributed by atoms with Gasteiger partial charge in [-0.1, -0.05) is 18.7 Å². The molecule has 0 saturated heterocycles. The van der Waals surface area contributed by atoms with Gasteiger partial charge in [0, 0.05) is 17.2 Å². The third kappa shape index (κ3) is 0.830. The molecule has 2 aliphatic rings. The van der Waals surface area contributed by atoms with Crippen LogP contribution in [0.25, 0.3) is 0 Å². The Morgan fingerprint density at radius 2 is 2.29 bits per heavy atom. The van der Waals surface area contributed by atoms with Gasteiger partial charge in [0.1, 0.15) is 0 Å². The van der Waals surface area contributed by atoms with Crippen LogP contribution in [0, 0.1) is 0 Å². The second kappa shape index (κ2) is 2.47. The molecule has 0 saturated carbocycles. The number of carbonyl (C=O) groups excluding carboxylic acids is 1. The summed E-state index contributed by atoms with van der Waals surface area (Å²) in [5.41, 5.74) is 4.38. The van der Waals surface area contributed by atoms with E-state index < -0.39 is 0 Å². The zero-order valence-electron chi connectivity index (χ0n) is 7.84. The number of hydrogen-bond acceptors (Lipinski definition) is 1. The van der Waals surface area contributed by atoms with E-state index in [1.807, 2.05) is 12.1 Å². The molecule has 70 valence electrons. The SMILES string of the molecule is C=C1C(=O)Nc2cccc3c2C1CC3. The topological polar surface area (TPSA) is 29.1 Å². The molecule has 0 radical (unpaired) electrons. The first kappa shape index (κ1) is 7.80. The van der Waals surface area contributed by atoms with E-state index in [0.717, 1.165) is 24.1 Å². The minimum Gasteiger partial charge on any atom is -0.322 e. The number of amides is 1. The van der Waals surface area contributed by atoms with Crippen molar-refractivity contribution in [3.05, 3.63) is 41.5 Å². The lowest BCUT2D eigenvalue weighted by Gasteiger charge is -2.23. The molecule has 1 amide bonds. The van der Waals surface area contributed by atoms with Gasteiger partial charge < -0.3 is 5.32 Å². The Morgan fingerprint density at radius 1 is 1.43 bits per heavy atom. The van der Waals surface area contributed by atoms with Crippen LogP contribution in [0.4, 0.5) is 5.69 Å². The zero-order chi connectivity index (χ0) is 9.71. The van der Waals surface area contributed by atoms with Crippen LogP contribution in [0.1, 0.15) is 23.5 Å². The lowest BCUT2D eigenvalue weighted by atomic mass is 9.89. The monoisotopic (exact) mass is 185 g/mol. The molecule has 2 nitrogen and oxygen atoms in total. The second-order valence-corrected chi connectivity index (χ2v) is 3.95. The molecule has 14 heavy (non-hydrogen) atoms. The number of benzene rings is 1. The van der Waals surface area contributed by atoms with Crippen molar-refractivity contribution in [1.29, 1.82) is 0 Å². The van der Waals surface area contributed by atoms with Crippen LogP contribution < -0.4 is 5.32 Å². The molecular formula is C12H11NO. The van der Waals surface area contributed by atoms with Gasteiger partial charge >= 0.3 is 0 Å². The highest BCUT2D eigenvalue weighted by atomic mass is 16.1. The first-order valence-electron chi connectivity index (χ1n) is 4.89. The molecule has 1 aliphatic heterocycles. The van der Waals surface area contributed by atoms with Crippen molar-refractivity contribution in [2.75, 3.05) is 5.32 Å². The Morgan fingerprint density at radius 3 is 3.14 bits per heavy atom. The molecule has 0 aromatic heterocycles. The molecule has 1 unspecified atom stereocenters. The number of nitrogens with one attached hydrogen (secondary N) is 1. The molecular weight excluding hydrogens is 174 g/mol. The van der Waals surface area contributed by atoms with E-state index in [9.17, 15) is 4.79 Å². The second-order valence-electron chi connectivity index (χ2n) is 3.95. The fourth-order valence-corrected chi connectivity index (χ4v) is 2.51. The maximum atomic E-state index is 11.5. The minimum absolute atomic E-state index is 0.0125. The van der Waals surface area contributed by atoms with E-state index in [2.05, 4.69) is 18.0 Å². The highest BCUT2D eigenvalue weighted by Crippen LogP contribution is 2.44. The Hall–Kier alpha value is -1.57. The average molecular weight is 185 g/mol. The Kier molecular flexibility index (Phi) is 1.38. The lowest BCUT2D eigenvalue weighted by molar-refractivity contribution is -0.113. The molecule has 0 fully saturated rings. The molecule has 1 aromatic rings. The predicted molar refractivity (Wildman–Crippen MR) is 55.3 cm³/mol. The van der Waals surface area contributed by atoms with Crippen molar-refractivity contribution in [3.8, 4) is 0 Å². The Bertz CT molecular complexity index is 448. The lowest BCUT2D eigenvalue weighted by Crippen LogP contribution is -2.23. The molecule has 2 heteroatoms. The van der Waals surface area contributed by atoms with Crippen molar-refractivity contribution >= 4 is 11.6 Å². The van der Waals surface area contributed by atoms with Crippen molar-refractivity contribution in [3.63, 3.8) is 0 Å². The minimum atomic E-state index is -0.0125. The van der Waals surface area contributed by atoms with Gasteiger partial charge in [0.2, 0.25) is 0 Å². The van der Waals surface area contributed by atoms with Gasteiger partial charge in [-0.2, -0.15) is 0 Å². The number of rotatable bonds is 0. The third-order valence-electron chi connectivity index (χ3n) is 3.21. The van der Waals surface area contributed by atoms with Gasteiger partial charge in [-0.05, 0) is 30.0 Å². The summed E-state index contributed by atoms with van der Waals surface area (Å²) in [5.74, 6) is 0.261. The quantitative estimate of drug-likeness (QED) is 0.617. The highest BCUT2D eigenvalue weighted by Gasteiger charge is 2.34. The summed E-state index contributed by atoms with van der Waals surface area (Å²) in [6.07, 6.45) is 2.11. The van der Waals surface area contributed by atoms with Crippen LogP contribution in [0.2, 0.25) is 0 Å². The smallest absolute Gasteiger partial charge is 0.251 e. The van der Waals surface area contributed by atoms with Crippen LogP contribution in [0.5, 0.6) is 0 Å². The number of hydrogen-bond donors (Lipinski definition) is 1. The average Bonchev–Trinajstić information content (AvgIpc) is 2.60. The number of aryl methyl sites for hydroxylation is 1. The van der Waals surface area contributed by atoms with Gasteiger partial charge in [-0.25, -0.2) is 0 Å². The first-order valence-corrected chi connectivity index (χ1v) is 4.89. The summed E-state index contributed by atoms with van der Waals surface area (Å²) >= 11 is 0. The molecule has 0 bridgehead atoms. The fraction of sp³-hybridized carbons (Fsp3) is 0.250. The van der Waals surface area contributed by atoms with E-state index in [4.69, 9.17) is 0 Å². The summed E-state index contributed by atoms with van der Waals surface area (Å²) < 4.78 is 0. The van der Waals surface area contributed by atoms with Gasteiger partial charge in [0.15, 0.2) is 0 Å². The molecule has 1 N–H and O–H groups in total. The van der Waals surface area contributed by atoms with Crippen LogP contribution in [0.15, 0.2) is 30.4 Å². The molecule has 1 atom stereocenters. The predicted octanol–water partition coefficient (Wildman–Crippen LogP) is 2.22. The number of carbonyl (C=O) groups is 1. The van der Waals surface area contributed by atoms with Crippen LogP contribution in [-0.2, 0) is 11.2 Å². The van der Waals surface area contributed by atoms with Crippen molar-refractivity contribution in [2.24, 2.45) is 0 Å². The Balaban J connectivity index is 2.26. The normalized spacial score (nSPS) is 23.3. The van der Waals surface area contributed by atoms with Gasteiger partial charge in [0.25, 0.3) is 5.91 Å². The van der Waals surface area contributed by atoms with Gasteiger partial charge in [-0.15, -0.1) is 0 Å². The summed E-state index contributed by atoms with van der Waals surface area (Å²) in [7, 11) is 0. The van der Waals surface area contributed by atoms with E-state index >= 15 is 0 Å². The summed E-state index contributed by atoms with van der Waals surface area (Å²) in [5, 5.41) is 2.88. The molecule has 1 heterocycles. The number of anilines is 1. The molecule has 0 spiro atoms. The molecule has 1 aliphatic carbocycles. The maximum absolute atomic E-state index is 11.5.